The number of benzene rings is 1. The zero-order valence-corrected chi connectivity index (χ0v) is 10.2. The van der Waals surface area contributed by atoms with Crippen molar-refractivity contribution in [3.63, 3.8) is 0 Å². The number of carbonyl (C=O) groups excluding carboxylic acids is 1. The molecule has 0 spiro atoms. The van der Waals surface area contributed by atoms with E-state index >= 15 is 0 Å². The molecule has 3 nitrogen and oxygen atoms in total. The van der Waals surface area contributed by atoms with Crippen molar-refractivity contribution in [2.24, 2.45) is 5.92 Å². The van der Waals surface area contributed by atoms with E-state index in [1.807, 2.05) is 18.2 Å². The third-order valence-corrected chi connectivity index (χ3v) is 4.42. The Hall–Kier alpha value is -1.35. The molecule has 0 saturated carbocycles. The molecule has 0 radical (unpaired) electrons. The minimum atomic E-state index is 0.0871. The van der Waals surface area contributed by atoms with Gasteiger partial charge >= 0.3 is 0 Å². The van der Waals surface area contributed by atoms with Crippen molar-refractivity contribution in [2.45, 2.75) is 37.9 Å². The average molecular weight is 244 g/mol. The summed E-state index contributed by atoms with van der Waals surface area (Å²) in [6, 6.07) is 5.85. The first-order valence-corrected chi connectivity index (χ1v) is 6.76. The molecule has 1 aromatic carbocycles. The summed E-state index contributed by atoms with van der Waals surface area (Å²) in [7, 11) is 0. The van der Waals surface area contributed by atoms with Gasteiger partial charge in [0.2, 0.25) is 0 Å². The van der Waals surface area contributed by atoms with Gasteiger partial charge in [-0.05, 0) is 43.0 Å². The lowest BCUT2D eigenvalue weighted by molar-refractivity contribution is 0.0743. The molecule has 2 fully saturated rings. The third kappa shape index (κ3) is 1.50. The van der Waals surface area contributed by atoms with Crippen LogP contribution in [0.15, 0.2) is 18.2 Å². The van der Waals surface area contributed by atoms with Crippen molar-refractivity contribution in [1.82, 2.24) is 0 Å². The highest BCUT2D eigenvalue weighted by atomic mass is 16.5. The second kappa shape index (κ2) is 3.82. The smallest absolute Gasteiger partial charge is 0.168 e. The van der Waals surface area contributed by atoms with Crippen molar-refractivity contribution in [3.8, 4) is 5.75 Å². The van der Waals surface area contributed by atoms with Crippen molar-refractivity contribution < 1.29 is 14.3 Å². The number of ketones is 1. The van der Waals surface area contributed by atoms with E-state index in [0.717, 1.165) is 43.6 Å². The molecule has 3 heterocycles. The highest BCUT2D eigenvalue weighted by Gasteiger charge is 2.44. The maximum Gasteiger partial charge on any atom is 0.168 e. The normalized spacial score (nSPS) is 32.3. The maximum atomic E-state index is 12.5. The molecule has 3 aliphatic rings. The summed E-state index contributed by atoms with van der Waals surface area (Å²) in [5, 5.41) is 0. The molecule has 3 unspecified atom stereocenters. The number of rotatable bonds is 2. The number of hydrogen-bond donors (Lipinski definition) is 0. The summed E-state index contributed by atoms with van der Waals surface area (Å²) in [5.74, 6) is 1.29. The predicted molar refractivity (Wildman–Crippen MR) is 66.0 cm³/mol. The Balaban J connectivity index is 1.61. The predicted octanol–water partition coefficient (Wildman–Crippen LogP) is 2.37. The van der Waals surface area contributed by atoms with Gasteiger partial charge in [0.1, 0.15) is 5.75 Å². The second-order valence-corrected chi connectivity index (χ2v) is 5.50. The topological polar surface area (TPSA) is 35.5 Å². The zero-order valence-electron chi connectivity index (χ0n) is 10.2. The van der Waals surface area contributed by atoms with Gasteiger partial charge < -0.3 is 9.47 Å². The molecule has 3 atom stereocenters. The van der Waals surface area contributed by atoms with E-state index < -0.39 is 0 Å². The van der Waals surface area contributed by atoms with Crippen LogP contribution in [0.25, 0.3) is 0 Å². The quantitative estimate of drug-likeness (QED) is 0.749. The summed E-state index contributed by atoms with van der Waals surface area (Å²) in [6.07, 6.45) is 4.52. The Morgan fingerprint density at radius 3 is 3.00 bits per heavy atom. The highest BCUT2D eigenvalue weighted by Crippen LogP contribution is 2.40. The van der Waals surface area contributed by atoms with Gasteiger partial charge in [-0.3, -0.25) is 4.79 Å². The molecule has 0 amide bonds. The molecule has 3 aliphatic heterocycles. The van der Waals surface area contributed by atoms with Gasteiger partial charge in [-0.15, -0.1) is 0 Å². The fraction of sp³-hybridized carbons (Fsp3) is 0.533. The van der Waals surface area contributed by atoms with Gasteiger partial charge in [-0.1, -0.05) is 0 Å². The lowest BCUT2D eigenvalue weighted by Crippen LogP contribution is -2.25. The lowest BCUT2D eigenvalue weighted by atomic mass is 9.83. The van der Waals surface area contributed by atoms with Crippen LogP contribution in [0.4, 0.5) is 0 Å². The highest BCUT2D eigenvalue weighted by molar-refractivity contribution is 5.98. The van der Waals surface area contributed by atoms with E-state index in [9.17, 15) is 4.79 Å². The molecular formula is C15H16O3. The van der Waals surface area contributed by atoms with Gasteiger partial charge in [0, 0.05) is 12.0 Å². The van der Waals surface area contributed by atoms with Crippen molar-refractivity contribution in [2.75, 3.05) is 6.61 Å². The molecule has 3 heteroatoms. The minimum absolute atomic E-state index is 0.0871. The standard InChI is InChI=1S/C15H16O3/c16-15(12-8-11-2-4-14(12)18-11)10-1-3-13-9(7-10)5-6-17-13/h1,3,7,11-12,14H,2,4-6,8H2. The van der Waals surface area contributed by atoms with Crippen LogP contribution in [0.3, 0.4) is 0 Å². The molecule has 94 valence electrons. The first-order chi connectivity index (χ1) is 8.81. The van der Waals surface area contributed by atoms with Gasteiger partial charge in [-0.2, -0.15) is 0 Å². The summed E-state index contributed by atoms with van der Waals surface area (Å²) >= 11 is 0. The second-order valence-electron chi connectivity index (χ2n) is 5.50. The van der Waals surface area contributed by atoms with Gasteiger partial charge in [-0.25, -0.2) is 0 Å². The fourth-order valence-electron chi connectivity index (χ4n) is 3.47. The average Bonchev–Trinajstić information content (AvgIpc) is 3.12. The van der Waals surface area contributed by atoms with E-state index in [0.29, 0.717) is 6.10 Å². The van der Waals surface area contributed by atoms with Gasteiger partial charge in [0.25, 0.3) is 0 Å². The van der Waals surface area contributed by atoms with Crippen molar-refractivity contribution in [1.29, 1.82) is 0 Å². The third-order valence-electron chi connectivity index (χ3n) is 4.42. The van der Waals surface area contributed by atoms with Crippen LogP contribution in [-0.2, 0) is 11.2 Å². The van der Waals surface area contributed by atoms with Crippen LogP contribution in [0, 0.1) is 5.92 Å². The molecule has 2 saturated heterocycles. The first-order valence-electron chi connectivity index (χ1n) is 6.76. The Morgan fingerprint density at radius 1 is 1.28 bits per heavy atom. The minimum Gasteiger partial charge on any atom is -0.493 e. The van der Waals surface area contributed by atoms with Crippen molar-refractivity contribution in [3.05, 3.63) is 29.3 Å². The molecule has 18 heavy (non-hydrogen) atoms. The number of ether oxygens (including phenoxy) is 2. The lowest BCUT2D eigenvalue weighted by Gasteiger charge is -2.17. The fourth-order valence-corrected chi connectivity index (χ4v) is 3.47. The Kier molecular flexibility index (Phi) is 2.24. The molecule has 1 aromatic rings. The summed E-state index contributed by atoms with van der Waals surface area (Å²) in [6.45, 7) is 0.740. The SMILES string of the molecule is O=C(c1ccc2c(c1)CCO2)C1CC2CCC1O2. The molecular weight excluding hydrogens is 228 g/mol. The largest absolute Gasteiger partial charge is 0.493 e. The summed E-state index contributed by atoms with van der Waals surface area (Å²) in [5.41, 5.74) is 2.00. The number of fused-ring (bicyclic) bond motifs is 3. The van der Waals surface area contributed by atoms with Gasteiger partial charge in [0.05, 0.1) is 24.7 Å². The molecule has 4 rings (SSSR count). The number of carbonyl (C=O) groups is 1. The zero-order chi connectivity index (χ0) is 12.1. The molecule has 0 aliphatic carbocycles. The number of hydrogen-bond acceptors (Lipinski definition) is 3. The van der Waals surface area contributed by atoms with E-state index in [-0.39, 0.29) is 17.8 Å². The van der Waals surface area contributed by atoms with Crippen LogP contribution in [-0.4, -0.2) is 24.6 Å². The van der Waals surface area contributed by atoms with Crippen LogP contribution in [0.1, 0.15) is 35.2 Å². The van der Waals surface area contributed by atoms with E-state index in [4.69, 9.17) is 9.47 Å². The Bertz CT molecular complexity index is 508. The van der Waals surface area contributed by atoms with Gasteiger partial charge in [0.15, 0.2) is 5.78 Å². The molecule has 0 aromatic heterocycles. The van der Waals surface area contributed by atoms with Crippen LogP contribution in [0.5, 0.6) is 5.75 Å². The summed E-state index contributed by atoms with van der Waals surface area (Å²) < 4.78 is 11.2. The summed E-state index contributed by atoms with van der Waals surface area (Å²) in [4.78, 5) is 12.5. The van der Waals surface area contributed by atoms with E-state index in [2.05, 4.69) is 0 Å². The molecule has 0 N–H and O–H groups in total. The van der Waals surface area contributed by atoms with Crippen LogP contribution < -0.4 is 4.74 Å². The number of Topliss-reactive ketones (excluding diaryl/α,β-unsaturated/α-hetero) is 1. The Labute approximate surface area is 106 Å². The first kappa shape index (κ1) is 10.6. The van der Waals surface area contributed by atoms with E-state index in [1.165, 1.54) is 5.56 Å². The monoisotopic (exact) mass is 244 g/mol. The van der Waals surface area contributed by atoms with Crippen LogP contribution in [0.2, 0.25) is 0 Å². The Morgan fingerprint density at radius 2 is 2.22 bits per heavy atom. The van der Waals surface area contributed by atoms with E-state index in [1.54, 1.807) is 0 Å². The van der Waals surface area contributed by atoms with Crippen molar-refractivity contribution >= 4 is 5.78 Å². The van der Waals surface area contributed by atoms with Crippen LogP contribution >= 0.6 is 0 Å². The maximum absolute atomic E-state index is 12.5. The molecule has 2 bridgehead atoms.